The molecule has 0 atom stereocenters. The Bertz CT molecular complexity index is 634. The van der Waals surface area contributed by atoms with Gasteiger partial charge in [-0.2, -0.15) is 0 Å². The maximum absolute atomic E-state index is 2.43. The van der Waals surface area contributed by atoms with Gasteiger partial charge in [0, 0.05) is 0 Å². The van der Waals surface area contributed by atoms with Crippen molar-refractivity contribution in [1.29, 1.82) is 0 Å². The largest absolute Gasteiger partial charge is 0.0856 e. The molecule has 1 aromatic rings. The van der Waals surface area contributed by atoms with Gasteiger partial charge in [-0.3, -0.25) is 0 Å². The van der Waals surface area contributed by atoms with Crippen LogP contribution in [-0.2, 0) is 6.42 Å². The zero-order valence-corrected chi connectivity index (χ0v) is 18.4. The molecule has 0 nitrogen and oxygen atoms in total. The van der Waals surface area contributed by atoms with Crippen molar-refractivity contribution >= 4 is 0 Å². The molecular weight excluding hydrogens is 324 g/mol. The van der Waals surface area contributed by atoms with Crippen LogP contribution in [0.5, 0.6) is 0 Å². The molecule has 0 aromatic heterocycles. The fraction of sp³-hybridized carbons (Fsp3) is 0.481. The van der Waals surface area contributed by atoms with Crippen LogP contribution >= 0.6 is 0 Å². The molecule has 27 heavy (non-hydrogen) atoms. The molecule has 0 heteroatoms. The van der Waals surface area contributed by atoms with Gasteiger partial charge in [-0.05, 0) is 91.5 Å². The number of allylic oxidation sites excluding steroid dienone is 8. The molecule has 0 saturated carbocycles. The highest BCUT2D eigenvalue weighted by molar-refractivity contribution is 5.16. The van der Waals surface area contributed by atoms with E-state index >= 15 is 0 Å². The van der Waals surface area contributed by atoms with E-state index in [-0.39, 0.29) is 0 Å². The van der Waals surface area contributed by atoms with Crippen LogP contribution in [-0.4, -0.2) is 0 Å². The number of rotatable bonds is 12. The zero-order valence-electron chi connectivity index (χ0n) is 18.4. The number of hydrogen-bond acceptors (Lipinski definition) is 0. The van der Waals surface area contributed by atoms with Crippen LogP contribution in [0.3, 0.4) is 0 Å². The number of hydrogen-bond donors (Lipinski definition) is 0. The summed E-state index contributed by atoms with van der Waals surface area (Å²) in [5.41, 5.74) is 7.43. The lowest BCUT2D eigenvalue weighted by Crippen LogP contribution is -1.84. The number of benzene rings is 1. The van der Waals surface area contributed by atoms with Crippen LogP contribution in [0.15, 0.2) is 76.9 Å². The zero-order chi connectivity index (χ0) is 19.9. The molecule has 1 aromatic carbocycles. The van der Waals surface area contributed by atoms with E-state index in [4.69, 9.17) is 0 Å². The molecule has 0 heterocycles. The monoisotopic (exact) mass is 364 g/mol. The highest BCUT2D eigenvalue weighted by atomic mass is 14.0. The molecule has 148 valence electrons. The third-order valence-electron chi connectivity index (χ3n) is 4.92. The van der Waals surface area contributed by atoms with E-state index in [1.165, 1.54) is 66.4 Å². The van der Waals surface area contributed by atoms with Crippen LogP contribution in [0, 0.1) is 0 Å². The van der Waals surface area contributed by atoms with Gasteiger partial charge in [0.15, 0.2) is 0 Å². The smallest absolute Gasteiger partial charge is 0.0244 e. The molecule has 0 saturated heterocycles. The average molecular weight is 365 g/mol. The first kappa shape index (κ1) is 23.2. The first-order valence-corrected chi connectivity index (χ1v) is 10.6. The molecule has 1 rings (SSSR count). The maximum atomic E-state index is 2.43. The first-order valence-electron chi connectivity index (χ1n) is 10.6. The maximum Gasteiger partial charge on any atom is -0.0244 e. The van der Waals surface area contributed by atoms with Crippen molar-refractivity contribution in [2.75, 3.05) is 0 Å². The summed E-state index contributed by atoms with van der Waals surface area (Å²) in [6.45, 7) is 11.2. The molecular formula is C27H40. The summed E-state index contributed by atoms with van der Waals surface area (Å²) in [5.74, 6) is 0. The normalized spacial score (nSPS) is 13.0. The SMILES string of the molecule is CC(C)=CCC/C(C)=C/CC/C(C)=C/CC/C(C)=C/CCc1ccccc1. The van der Waals surface area contributed by atoms with E-state index in [1.54, 1.807) is 0 Å². The summed E-state index contributed by atoms with van der Waals surface area (Å²) in [4.78, 5) is 0. The Kier molecular flexibility index (Phi) is 12.3. The Morgan fingerprint density at radius 3 is 1.52 bits per heavy atom. The fourth-order valence-electron chi connectivity index (χ4n) is 3.12. The summed E-state index contributed by atoms with van der Waals surface area (Å²) < 4.78 is 0. The van der Waals surface area contributed by atoms with Crippen molar-refractivity contribution in [2.45, 2.75) is 86.0 Å². The molecule has 0 radical (unpaired) electrons. The van der Waals surface area contributed by atoms with Gasteiger partial charge in [-0.1, -0.05) is 76.9 Å². The van der Waals surface area contributed by atoms with Gasteiger partial charge < -0.3 is 0 Å². The third-order valence-corrected chi connectivity index (χ3v) is 4.92. The Morgan fingerprint density at radius 1 is 0.593 bits per heavy atom. The standard InChI is InChI=1S/C27H40/c1-23(2)13-9-14-24(3)15-10-16-25(4)17-11-18-26(5)19-12-22-27-20-7-6-8-21-27/h6-8,13,15,17,19-21H,9-12,14,16,18,22H2,1-5H3/b24-15+,25-17+,26-19+. The fourth-order valence-corrected chi connectivity index (χ4v) is 3.12. The lowest BCUT2D eigenvalue weighted by molar-refractivity contribution is 0.893. The Labute approximate surface area is 168 Å². The molecule has 0 spiro atoms. The molecule has 0 aliphatic heterocycles. The van der Waals surface area contributed by atoms with Crippen molar-refractivity contribution < 1.29 is 0 Å². The van der Waals surface area contributed by atoms with E-state index in [1.807, 2.05) is 0 Å². The Hall–Kier alpha value is -1.82. The molecule has 0 amide bonds. The van der Waals surface area contributed by atoms with Crippen LogP contribution in [0.4, 0.5) is 0 Å². The molecule has 0 fully saturated rings. The van der Waals surface area contributed by atoms with Gasteiger partial charge >= 0.3 is 0 Å². The number of aryl methyl sites for hydroxylation is 1. The minimum atomic E-state index is 1.15. The summed E-state index contributed by atoms with van der Waals surface area (Å²) >= 11 is 0. The highest BCUT2D eigenvalue weighted by Gasteiger charge is 1.94. The third kappa shape index (κ3) is 13.1. The lowest BCUT2D eigenvalue weighted by Gasteiger charge is -2.03. The molecule has 0 aliphatic carbocycles. The van der Waals surface area contributed by atoms with Crippen LogP contribution in [0.1, 0.15) is 85.1 Å². The molecule has 0 N–H and O–H groups in total. The Balaban J connectivity index is 2.21. The van der Waals surface area contributed by atoms with Gasteiger partial charge in [0.2, 0.25) is 0 Å². The van der Waals surface area contributed by atoms with Crippen LogP contribution < -0.4 is 0 Å². The van der Waals surface area contributed by atoms with Gasteiger partial charge in [-0.15, -0.1) is 0 Å². The lowest BCUT2D eigenvalue weighted by atomic mass is 10.0. The highest BCUT2D eigenvalue weighted by Crippen LogP contribution is 2.14. The second kappa shape index (κ2) is 14.3. The predicted octanol–water partition coefficient (Wildman–Crippen LogP) is 8.76. The quantitative estimate of drug-likeness (QED) is 0.325. The van der Waals surface area contributed by atoms with Gasteiger partial charge in [-0.25, -0.2) is 0 Å². The van der Waals surface area contributed by atoms with E-state index < -0.39 is 0 Å². The van der Waals surface area contributed by atoms with Crippen molar-refractivity contribution in [3.63, 3.8) is 0 Å². The van der Waals surface area contributed by atoms with Gasteiger partial charge in [0.05, 0.1) is 0 Å². The summed E-state index contributed by atoms with van der Waals surface area (Å²) in [6.07, 6.45) is 19.0. The van der Waals surface area contributed by atoms with E-state index in [9.17, 15) is 0 Å². The van der Waals surface area contributed by atoms with Gasteiger partial charge in [0.25, 0.3) is 0 Å². The topological polar surface area (TPSA) is 0 Å². The van der Waals surface area contributed by atoms with E-state index in [2.05, 4.69) is 89.3 Å². The minimum Gasteiger partial charge on any atom is -0.0856 e. The summed E-state index contributed by atoms with van der Waals surface area (Å²) in [5, 5.41) is 0. The molecule has 0 aliphatic rings. The molecule has 0 bridgehead atoms. The second-order valence-corrected chi connectivity index (χ2v) is 8.07. The van der Waals surface area contributed by atoms with Crippen LogP contribution in [0.25, 0.3) is 0 Å². The van der Waals surface area contributed by atoms with Crippen LogP contribution in [0.2, 0.25) is 0 Å². The average Bonchev–Trinajstić information content (AvgIpc) is 2.62. The molecule has 0 unspecified atom stereocenters. The summed E-state index contributed by atoms with van der Waals surface area (Å²) in [6, 6.07) is 10.8. The van der Waals surface area contributed by atoms with Crippen molar-refractivity contribution in [3.8, 4) is 0 Å². The van der Waals surface area contributed by atoms with E-state index in [0.29, 0.717) is 0 Å². The summed E-state index contributed by atoms with van der Waals surface area (Å²) in [7, 11) is 0. The predicted molar refractivity (Wildman–Crippen MR) is 123 cm³/mol. The first-order chi connectivity index (χ1) is 13.0. The second-order valence-electron chi connectivity index (χ2n) is 8.07. The minimum absolute atomic E-state index is 1.15. The van der Waals surface area contributed by atoms with Crippen molar-refractivity contribution in [1.82, 2.24) is 0 Å². The van der Waals surface area contributed by atoms with Crippen molar-refractivity contribution in [3.05, 3.63) is 82.5 Å². The van der Waals surface area contributed by atoms with Gasteiger partial charge in [0.1, 0.15) is 0 Å². The Morgan fingerprint density at radius 2 is 1.04 bits per heavy atom. The van der Waals surface area contributed by atoms with Crippen molar-refractivity contribution in [2.24, 2.45) is 0 Å². The van der Waals surface area contributed by atoms with E-state index in [0.717, 1.165) is 12.8 Å².